The van der Waals surface area contributed by atoms with Gasteiger partial charge in [0, 0.05) is 6.54 Å². The van der Waals surface area contributed by atoms with E-state index in [4.69, 9.17) is 16.3 Å². The molecule has 8 nitrogen and oxygen atoms in total. The lowest BCUT2D eigenvalue weighted by atomic mass is 9.70. The molecule has 3 aliphatic rings. The van der Waals surface area contributed by atoms with Gasteiger partial charge >= 0.3 is 5.97 Å². The number of halogens is 1. The number of nitrogens with zero attached hydrogens (tertiary/aromatic N) is 2. The van der Waals surface area contributed by atoms with Crippen molar-refractivity contribution in [3.05, 3.63) is 77.3 Å². The van der Waals surface area contributed by atoms with Crippen molar-refractivity contribution in [2.45, 2.75) is 43.6 Å². The minimum atomic E-state index is -1.32. The van der Waals surface area contributed by atoms with Gasteiger partial charge in [-0.15, -0.1) is 6.58 Å². The van der Waals surface area contributed by atoms with Crippen molar-refractivity contribution in [2.75, 3.05) is 18.1 Å². The average Bonchev–Trinajstić information content (AvgIpc) is 3.52. The van der Waals surface area contributed by atoms with Crippen LogP contribution in [-0.2, 0) is 19.1 Å². The standard InChI is InChI=1S/C28H29ClN2O6/c1-3-14-30(23-16(2)8-7-11-18(23)29)26(34)24-28-13-12-20(37-28)21(27(35)36)22(28)25(33)31(24)19(15-32)17-9-5-4-6-10-17/h3-11,19-22,24,32H,1,12-15H2,2H3,(H,35,36)/t19-,20-,21+,22+,24-,28+/m1/s1. The number of carbonyl (C=O) groups is 3. The van der Waals surface area contributed by atoms with E-state index in [9.17, 15) is 24.6 Å². The quantitative estimate of drug-likeness (QED) is 0.513. The maximum Gasteiger partial charge on any atom is 0.310 e. The van der Waals surface area contributed by atoms with Crippen LogP contribution >= 0.6 is 11.6 Å². The first-order valence-corrected chi connectivity index (χ1v) is 12.7. The zero-order chi connectivity index (χ0) is 26.5. The van der Waals surface area contributed by atoms with Gasteiger partial charge in [0.15, 0.2) is 0 Å². The summed E-state index contributed by atoms with van der Waals surface area (Å²) in [5.41, 5.74) is 0.565. The van der Waals surface area contributed by atoms with Gasteiger partial charge in [-0.1, -0.05) is 60.1 Å². The summed E-state index contributed by atoms with van der Waals surface area (Å²) in [6.45, 7) is 5.31. The molecule has 2 bridgehead atoms. The van der Waals surface area contributed by atoms with Crippen molar-refractivity contribution in [3.63, 3.8) is 0 Å². The molecule has 6 atom stereocenters. The molecule has 37 heavy (non-hydrogen) atoms. The summed E-state index contributed by atoms with van der Waals surface area (Å²) < 4.78 is 6.32. The summed E-state index contributed by atoms with van der Waals surface area (Å²) in [6, 6.07) is 12.2. The molecule has 0 unspecified atom stereocenters. The third kappa shape index (κ3) is 3.77. The highest BCUT2D eigenvalue weighted by atomic mass is 35.5. The average molecular weight is 525 g/mol. The molecular formula is C28H29ClN2O6. The lowest BCUT2D eigenvalue weighted by molar-refractivity contribution is -0.151. The van der Waals surface area contributed by atoms with Crippen molar-refractivity contribution in [1.29, 1.82) is 0 Å². The lowest BCUT2D eigenvalue weighted by Crippen LogP contribution is -2.57. The summed E-state index contributed by atoms with van der Waals surface area (Å²) in [5, 5.41) is 20.9. The van der Waals surface area contributed by atoms with E-state index in [1.807, 2.05) is 19.1 Å². The number of carboxylic acids is 1. The van der Waals surface area contributed by atoms with Crippen molar-refractivity contribution < 1.29 is 29.3 Å². The Morgan fingerprint density at radius 3 is 2.62 bits per heavy atom. The molecule has 2 aromatic rings. The highest BCUT2D eigenvalue weighted by Gasteiger charge is 2.75. The fraction of sp³-hybridized carbons (Fsp3) is 0.393. The molecule has 2 amide bonds. The van der Waals surface area contributed by atoms with E-state index < -0.39 is 60.0 Å². The summed E-state index contributed by atoms with van der Waals surface area (Å²) in [6.07, 6.45) is 1.72. The SMILES string of the molecule is C=CCN(C(=O)[C@H]1N([C@H](CO)c2ccccc2)C(=O)[C@@H]2[C@@H](C(=O)O)[C@H]3CC[C@]21O3)c1c(C)cccc1Cl. The second kappa shape index (κ2) is 9.59. The number of para-hydroxylation sites is 1. The van der Waals surface area contributed by atoms with Crippen LogP contribution < -0.4 is 4.90 Å². The number of aryl methyl sites for hydroxylation is 1. The van der Waals surface area contributed by atoms with Crippen molar-refractivity contribution in [1.82, 2.24) is 4.90 Å². The zero-order valence-electron chi connectivity index (χ0n) is 20.4. The maximum atomic E-state index is 14.6. The number of hydrogen-bond donors (Lipinski definition) is 2. The Kier molecular flexibility index (Phi) is 6.60. The number of carboxylic acid groups (broad SMARTS) is 1. The smallest absolute Gasteiger partial charge is 0.310 e. The van der Waals surface area contributed by atoms with Crippen LogP contribution in [-0.4, -0.2) is 63.8 Å². The van der Waals surface area contributed by atoms with E-state index in [-0.39, 0.29) is 6.54 Å². The molecule has 5 rings (SSSR count). The van der Waals surface area contributed by atoms with Crippen LogP contribution in [0.25, 0.3) is 0 Å². The second-order valence-electron chi connectivity index (χ2n) is 9.89. The number of hydrogen-bond acceptors (Lipinski definition) is 5. The van der Waals surface area contributed by atoms with E-state index in [1.54, 1.807) is 42.5 Å². The molecule has 0 saturated carbocycles. The molecule has 9 heteroatoms. The summed E-state index contributed by atoms with van der Waals surface area (Å²) in [7, 11) is 0. The highest BCUT2D eigenvalue weighted by molar-refractivity contribution is 6.34. The van der Waals surface area contributed by atoms with Crippen LogP contribution in [0.15, 0.2) is 61.2 Å². The Morgan fingerprint density at radius 1 is 1.27 bits per heavy atom. The number of ether oxygens (including phenoxy) is 1. The molecule has 2 N–H and O–H groups in total. The number of anilines is 1. The van der Waals surface area contributed by atoms with Gasteiger partial charge in [0.05, 0.1) is 41.3 Å². The predicted octanol–water partition coefficient (Wildman–Crippen LogP) is 3.36. The number of aliphatic hydroxyl groups is 1. The van der Waals surface area contributed by atoms with Crippen LogP contribution in [0.1, 0.15) is 30.0 Å². The number of benzene rings is 2. The molecule has 3 aliphatic heterocycles. The van der Waals surface area contributed by atoms with E-state index in [0.29, 0.717) is 29.1 Å². The fourth-order valence-corrected chi connectivity index (χ4v) is 6.87. The Labute approximate surface area is 220 Å². The lowest BCUT2D eigenvalue weighted by Gasteiger charge is -2.39. The summed E-state index contributed by atoms with van der Waals surface area (Å²) >= 11 is 6.56. The minimum absolute atomic E-state index is 0.115. The highest BCUT2D eigenvalue weighted by Crippen LogP contribution is 2.60. The molecule has 3 heterocycles. The van der Waals surface area contributed by atoms with Crippen molar-refractivity contribution in [3.8, 4) is 0 Å². The first-order valence-electron chi connectivity index (χ1n) is 12.3. The molecule has 0 radical (unpaired) electrons. The van der Waals surface area contributed by atoms with Gasteiger partial charge in [-0.05, 0) is 37.0 Å². The van der Waals surface area contributed by atoms with Gasteiger partial charge in [0.25, 0.3) is 5.91 Å². The number of aliphatic hydroxyl groups excluding tert-OH is 1. The Bertz CT molecular complexity index is 1230. The van der Waals surface area contributed by atoms with Crippen LogP contribution in [0.3, 0.4) is 0 Å². The van der Waals surface area contributed by atoms with Gasteiger partial charge < -0.3 is 24.7 Å². The molecular weight excluding hydrogens is 496 g/mol. The maximum absolute atomic E-state index is 14.6. The largest absolute Gasteiger partial charge is 0.481 e. The van der Waals surface area contributed by atoms with Gasteiger partial charge in [-0.2, -0.15) is 0 Å². The first-order chi connectivity index (χ1) is 17.8. The van der Waals surface area contributed by atoms with Gasteiger partial charge in [0.2, 0.25) is 5.91 Å². The number of fused-ring (bicyclic) bond motifs is 1. The summed E-state index contributed by atoms with van der Waals surface area (Å²) in [5.74, 6) is -4.17. The number of carbonyl (C=O) groups excluding carboxylic acids is 2. The molecule has 3 fully saturated rings. The zero-order valence-corrected chi connectivity index (χ0v) is 21.2. The number of aliphatic carboxylic acids is 1. The predicted molar refractivity (Wildman–Crippen MR) is 137 cm³/mol. The Balaban J connectivity index is 1.68. The van der Waals surface area contributed by atoms with E-state index >= 15 is 0 Å². The number of rotatable bonds is 8. The van der Waals surface area contributed by atoms with Crippen molar-refractivity contribution >= 4 is 35.1 Å². The third-order valence-corrected chi connectivity index (χ3v) is 8.29. The van der Waals surface area contributed by atoms with Gasteiger partial charge in [0.1, 0.15) is 11.6 Å². The molecule has 0 aliphatic carbocycles. The van der Waals surface area contributed by atoms with Crippen LogP contribution in [0.4, 0.5) is 5.69 Å². The van der Waals surface area contributed by atoms with E-state index in [1.165, 1.54) is 9.80 Å². The molecule has 194 valence electrons. The van der Waals surface area contributed by atoms with Crippen LogP contribution in [0, 0.1) is 18.8 Å². The van der Waals surface area contributed by atoms with Crippen LogP contribution in [0.5, 0.6) is 0 Å². The molecule has 0 aromatic heterocycles. The van der Waals surface area contributed by atoms with E-state index in [2.05, 4.69) is 6.58 Å². The third-order valence-electron chi connectivity index (χ3n) is 7.99. The van der Waals surface area contributed by atoms with Crippen LogP contribution in [0.2, 0.25) is 5.02 Å². The molecule has 2 aromatic carbocycles. The molecule has 3 saturated heterocycles. The summed E-state index contributed by atoms with van der Waals surface area (Å²) in [4.78, 5) is 43.8. The van der Waals surface area contributed by atoms with Crippen molar-refractivity contribution in [2.24, 2.45) is 11.8 Å². The minimum Gasteiger partial charge on any atom is -0.481 e. The first kappa shape index (κ1) is 25.4. The second-order valence-corrected chi connectivity index (χ2v) is 10.3. The van der Waals surface area contributed by atoms with Gasteiger partial charge in [-0.3, -0.25) is 14.4 Å². The van der Waals surface area contributed by atoms with E-state index in [0.717, 1.165) is 5.56 Å². The van der Waals surface area contributed by atoms with Gasteiger partial charge in [-0.25, -0.2) is 0 Å². The number of likely N-dealkylation sites (tertiary alicyclic amines) is 1. The normalized spacial score (nSPS) is 28.7. The Morgan fingerprint density at radius 2 is 2.00 bits per heavy atom. The molecule has 1 spiro atoms. The Hall–Kier alpha value is -3.20. The monoisotopic (exact) mass is 524 g/mol. The topological polar surface area (TPSA) is 107 Å². The fourth-order valence-electron chi connectivity index (χ4n) is 6.55. The number of amides is 2.